The highest BCUT2D eigenvalue weighted by atomic mass is 79.9. The maximum atomic E-state index is 10.8. The quantitative estimate of drug-likeness (QED) is 0.791. The molecule has 0 fully saturated rings. The van der Waals surface area contributed by atoms with E-state index in [1.165, 1.54) is 0 Å². The number of hydrogen-bond donors (Lipinski definition) is 2. The number of amides is 1. The topological polar surface area (TPSA) is 71.8 Å². The zero-order valence-electron chi connectivity index (χ0n) is 6.54. The van der Waals surface area contributed by atoms with E-state index in [0.29, 0.717) is 5.69 Å². The van der Waals surface area contributed by atoms with E-state index in [1.54, 1.807) is 18.5 Å². The van der Waals surface area contributed by atoms with E-state index in [1.807, 2.05) is 0 Å². The van der Waals surface area contributed by atoms with Crippen LogP contribution in [0, 0.1) is 0 Å². The molecule has 0 aromatic carbocycles. The summed E-state index contributed by atoms with van der Waals surface area (Å²) in [5.74, 6) is -0.469. The van der Waals surface area contributed by atoms with Gasteiger partial charge >= 0.3 is 0 Å². The third-order valence-electron chi connectivity index (χ3n) is 1.76. The lowest BCUT2D eigenvalue weighted by molar-refractivity contribution is 0.0996. The van der Waals surface area contributed by atoms with Crippen molar-refractivity contribution in [2.45, 2.75) is 0 Å². The molecule has 13 heavy (non-hydrogen) atoms. The predicted molar refractivity (Wildman–Crippen MR) is 52.3 cm³/mol. The van der Waals surface area contributed by atoms with Crippen LogP contribution >= 0.6 is 15.9 Å². The summed E-state index contributed by atoms with van der Waals surface area (Å²) in [6.45, 7) is 0. The van der Waals surface area contributed by atoms with Gasteiger partial charge in [0.1, 0.15) is 5.69 Å². The van der Waals surface area contributed by atoms with E-state index < -0.39 is 5.91 Å². The molecular weight excluding hydrogens is 234 g/mol. The van der Waals surface area contributed by atoms with Crippen molar-refractivity contribution in [3.05, 3.63) is 28.6 Å². The molecule has 0 aliphatic rings. The van der Waals surface area contributed by atoms with Crippen molar-refractivity contribution < 1.29 is 4.79 Å². The number of halogens is 1. The molecule has 0 radical (unpaired) electrons. The number of aromatic amines is 1. The Hall–Kier alpha value is -1.36. The third-order valence-corrected chi connectivity index (χ3v) is 2.39. The van der Waals surface area contributed by atoms with Crippen LogP contribution in [0.2, 0.25) is 0 Å². The first kappa shape index (κ1) is 8.25. The molecule has 2 rings (SSSR count). The Kier molecular flexibility index (Phi) is 1.81. The molecule has 66 valence electrons. The summed E-state index contributed by atoms with van der Waals surface area (Å²) in [6, 6.07) is 1.70. The first-order valence-electron chi connectivity index (χ1n) is 3.60. The highest BCUT2D eigenvalue weighted by molar-refractivity contribution is 9.10. The first-order chi connectivity index (χ1) is 6.18. The lowest BCUT2D eigenvalue weighted by Crippen LogP contribution is -2.10. The SMILES string of the molecule is NC(=O)c1cc2c(Br)cncc2[nH]1. The van der Waals surface area contributed by atoms with Gasteiger partial charge in [-0.25, -0.2) is 0 Å². The second-order valence-electron chi connectivity index (χ2n) is 2.63. The molecular formula is C8H6BrN3O. The number of carbonyl (C=O) groups excluding carboxylic acids is 1. The maximum absolute atomic E-state index is 10.8. The number of nitrogens with zero attached hydrogens (tertiary/aromatic N) is 1. The number of aromatic nitrogens is 2. The summed E-state index contributed by atoms with van der Waals surface area (Å²) in [5, 5.41) is 0.906. The van der Waals surface area contributed by atoms with Crippen molar-refractivity contribution in [1.82, 2.24) is 9.97 Å². The lowest BCUT2D eigenvalue weighted by Gasteiger charge is -1.89. The van der Waals surface area contributed by atoms with Crippen LogP contribution in [-0.2, 0) is 0 Å². The lowest BCUT2D eigenvalue weighted by atomic mass is 10.3. The van der Waals surface area contributed by atoms with E-state index in [4.69, 9.17) is 5.73 Å². The normalized spacial score (nSPS) is 10.5. The van der Waals surface area contributed by atoms with E-state index in [2.05, 4.69) is 25.9 Å². The molecule has 1 amide bonds. The van der Waals surface area contributed by atoms with Crippen molar-refractivity contribution in [3.63, 3.8) is 0 Å². The van der Waals surface area contributed by atoms with E-state index in [-0.39, 0.29) is 0 Å². The molecule has 0 saturated heterocycles. The Morgan fingerprint density at radius 2 is 2.31 bits per heavy atom. The minimum Gasteiger partial charge on any atom is -0.364 e. The zero-order valence-corrected chi connectivity index (χ0v) is 8.13. The average Bonchev–Trinajstić information content (AvgIpc) is 2.49. The van der Waals surface area contributed by atoms with Crippen LogP contribution in [0.4, 0.5) is 0 Å². The molecule has 0 bridgehead atoms. The Labute approximate surface area is 82.3 Å². The van der Waals surface area contributed by atoms with Gasteiger partial charge in [-0.05, 0) is 22.0 Å². The van der Waals surface area contributed by atoms with Gasteiger partial charge in [0.05, 0.1) is 11.7 Å². The van der Waals surface area contributed by atoms with Crippen LogP contribution in [0.3, 0.4) is 0 Å². The highest BCUT2D eigenvalue weighted by Crippen LogP contribution is 2.22. The predicted octanol–water partition coefficient (Wildman–Crippen LogP) is 1.42. The minimum absolute atomic E-state index is 0.392. The first-order valence-corrected chi connectivity index (χ1v) is 4.40. The van der Waals surface area contributed by atoms with E-state index in [9.17, 15) is 4.79 Å². The van der Waals surface area contributed by atoms with Crippen LogP contribution in [-0.4, -0.2) is 15.9 Å². The number of nitrogens with one attached hydrogen (secondary N) is 1. The summed E-state index contributed by atoms with van der Waals surface area (Å²) < 4.78 is 0.841. The maximum Gasteiger partial charge on any atom is 0.265 e. The van der Waals surface area contributed by atoms with Crippen molar-refractivity contribution >= 4 is 32.7 Å². The second kappa shape index (κ2) is 2.85. The molecule has 2 heterocycles. The summed E-state index contributed by atoms with van der Waals surface area (Å²) in [5.41, 5.74) is 6.31. The molecule has 0 aliphatic heterocycles. The van der Waals surface area contributed by atoms with Gasteiger partial charge in [0.15, 0.2) is 0 Å². The number of hydrogen-bond acceptors (Lipinski definition) is 2. The molecule has 0 spiro atoms. The molecule has 0 saturated carbocycles. The number of fused-ring (bicyclic) bond motifs is 1. The van der Waals surface area contributed by atoms with Crippen molar-refractivity contribution in [3.8, 4) is 0 Å². The van der Waals surface area contributed by atoms with Crippen LogP contribution in [0.25, 0.3) is 10.9 Å². The second-order valence-corrected chi connectivity index (χ2v) is 3.48. The molecule has 2 aromatic heterocycles. The highest BCUT2D eigenvalue weighted by Gasteiger charge is 2.07. The minimum atomic E-state index is -0.469. The van der Waals surface area contributed by atoms with Crippen LogP contribution < -0.4 is 5.73 Å². The van der Waals surface area contributed by atoms with Crippen molar-refractivity contribution in [2.24, 2.45) is 5.73 Å². The molecule has 3 N–H and O–H groups in total. The molecule has 4 nitrogen and oxygen atoms in total. The van der Waals surface area contributed by atoms with Crippen molar-refractivity contribution in [1.29, 1.82) is 0 Å². The van der Waals surface area contributed by atoms with Gasteiger partial charge in [0.25, 0.3) is 5.91 Å². The standard InChI is InChI=1S/C8H6BrN3O/c9-5-2-11-3-7-4(5)1-6(12-7)8(10)13/h1-3,12H,(H2,10,13). The van der Waals surface area contributed by atoms with Crippen LogP contribution in [0.5, 0.6) is 0 Å². The number of pyridine rings is 1. The largest absolute Gasteiger partial charge is 0.364 e. The van der Waals surface area contributed by atoms with Gasteiger partial charge in [-0.1, -0.05) is 0 Å². The summed E-state index contributed by atoms with van der Waals surface area (Å²) >= 11 is 3.32. The van der Waals surface area contributed by atoms with Gasteiger partial charge in [-0.2, -0.15) is 0 Å². The summed E-state index contributed by atoms with van der Waals surface area (Å²) in [6.07, 6.45) is 3.31. The van der Waals surface area contributed by atoms with Gasteiger partial charge in [0.2, 0.25) is 0 Å². The fraction of sp³-hybridized carbons (Fsp3) is 0. The number of nitrogens with two attached hydrogens (primary N) is 1. The van der Waals surface area contributed by atoms with Gasteiger partial charge in [-0.15, -0.1) is 0 Å². The van der Waals surface area contributed by atoms with E-state index in [0.717, 1.165) is 15.4 Å². The number of rotatable bonds is 1. The van der Waals surface area contributed by atoms with E-state index >= 15 is 0 Å². The molecule has 0 unspecified atom stereocenters. The number of carbonyl (C=O) groups is 1. The number of primary amides is 1. The molecule has 0 atom stereocenters. The van der Waals surface area contributed by atoms with Gasteiger partial charge < -0.3 is 10.7 Å². The Balaban J connectivity index is 2.75. The molecule has 2 aromatic rings. The fourth-order valence-electron chi connectivity index (χ4n) is 1.15. The van der Waals surface area contributed by atoms with Crippen LogP contribution in [0.1, 0.15) is 10.5 Å². The van der Waals surface area contributed by atoms with Gasteiger partial charge in [0, 0.05) is 16.1 Å². The Morgan fingerprint density at radius 3 is 2.92 bits per heavy atom. The molecule has 5 heteroatoms. The molecule has 0 aliphatic carbocycles. The smallest absolute Gasteiger partial charge is 0.265 e. The monoisotopic (exact) mass is 239 g/mol. The van der Waals surface area contributed by atoms with Crippen LogP contribution in [0.15, 0.2) is 22.9 Å². The Morgan fingerprint density at radius 1 is 1.54 bits per heavy atom. The van der Waals surface area contributed by atoms with Crippen molar-refractivity contribution in [2.75, 3.05) is 0 Å². The zero-order chi connectivity index (χ0) is 9.42. The fourth-order valence-corrected chi connectivity index (χ4v) is 1.60. The summed E-state index contributed by atoms with van der Waals surface area (Å²) in [7, 11) is 0. The summed E-state index contributed by atoms with van der Waals surface area (Å²) in [4.78, 5) is 17.7. The third kappa shape index (κ3) is 1.31. The Bertz CT molecular complexity index is 477. The number of H-pyrrole nitrogens is 1. The van der Waals surface area contributed by atoms with Gasteiger partial charge in [-0.3, -0.25) is 9.78 Å². The average molecular weight is 240 g/mol.